The third-order valence-corrected chi connectivity index (χ3v) is 4.94. The van der Waals surface area contributed by atoms with Crippen molar-refractivity contribution in [1.82, 2.24) is 15.5 Å². The van der Waals surface area contributed by atoms with E-state index < -0.39 is 0 Å². The highest BCUT2D eigenvalue weighted by Crippen LogP contribution is 2.19. The molecule has 1 fully saturated rings. The summed E-state index contributed by atoms with van der Waals surface area (Å²) in [6.45, 7) is 6.97. The minimum Gasteiger partial charge on any atom is -0.496 e. The molecule has 154 valence electrons. The van der Waals surface area contributed by atoms with Gasteiger partial charge >= 0.3 is 0 Å². The molecule has 27 heavy (non-hydrogen) atoms. The highest BCUT2D eigenvalue weighted by Gasteiger charge is 2.19. The van der Waals surface area contributed by atoms with Crippen LogP contribution in [0.3, 0.4) is 0 Å². The van der Waals surface area contributed by atoms with Crippen LogP contribution in [0.15, 0.2) is 23.2 Å². The smallest absolute Gasteiger partial charge is 0.191 e. The van der Waals surface area contributed by atoms with Crippen LogP contribution in [0.4, 0.5) is 0 Å². The van der Waals surface area contributed by atoms with Crippen LogP contribution in [0.25, 0.3) is 0 Å². The molecule has 0 bridgehead atoms. The largest absolute Gasteiger partial charge is 0.496 e. The zero-order valence-corrected chi connectivity index (χ0v) is 19.4. The first-order valence-corrected chi connectivity index (χ1v) is 9.48. The summed E-state index contributed by atoms with van der Waals surface area (Å²) >= 11 is 0. The summed E-state index contributed by atoms with van der Waals surface area (Å²) in [5.74, 6) is 1.84. The molecule has 0 amide bonds. The Kier molecular flexibility index (Phi) is 11.7. The van der Waals surface area contributed by atoms with Gasteiger partial charge in [0, 0.05) is 46.4 Å². The Bertz CT molecular complexity index is 575. The number of nitrogens with zero attached hydrogens (tertiary/aromatic N) is 2. The quantitative estimate of drug-likeness (QED) is 0.333. The lowest BCUT2D eigenvalue weighted by molar-refractivity contribution is 0.128. The van der Waals surface area contributed by atoms with Gasteiger partial charge in [-0.15, -0.1) is 24.0 Å². The standard InChI is InChI=1S/C20H34N4O2.HI/c1-16-5-6-17(15-19(16)26-4)7-10-22-20(21-2)23-18-8-11-24(12-9-18)13-14-25-3;/h5-6,15,18H,7-14H2,1-4H3,(H2,21,22,23);1H. The molecule has 0 spiro atoms. The Balaban J connectivity index is 0.00000364. The summed E-state index contributed by atoms with van der Waals surface area (Å²) < 4.78 is 10.6. The molecule has 0 aromatic heterocycles. The van der Waals surface area contributed by atoms with Crippen molar-refractivity contribution in [3.63, 3.8) is 0 Å². The van der Waals surface area contributed by atoms with Gasteiger partial charge in [0.1, 0.15) is 5.75 Å². The molecule has 6 nitrogen and oxygen atoms in total. The fourth-order valence-corrected chi connectivity index (χ4v) is 3.25. The van der Waals surface area contributed by atoms with Crippen molar-refractivity contribution in [2.24, 2.45) is 4.99 Å². The number of hydrogen-bond acceptors (Lipinski definition) is 4. The van der Waals surface area contributed by atoms with E-state index in [1.807, 2.05) is 7.05 Å². The Hall–Kier alpha value is -1.06. The SMILES string of the molecule is CN=C(NCCc1ccc(C)c(OC)c1)NC1CCN(CCOC)CC1.I. The number of nitrogens with one attached hydrogen (secondary N) is 2. The molecule has 1 aromatic carbocycles. The molecule has 0 atom stereocenters. The second-order valence-corrected chi connectivity index (χ2v) is 6.81. The fraction of sp³-hybridized carbons (Fsp3) is 0.650. The second kappa shape index (κ2) is 13.2. The molecule has 1 aliphatic heterocycles. The van der Waals surface area contributed by atoms with Crippen LogP contribution in [0.5, 0.6) is 5.75 Å². The Morgan fingerprint density at radius 3 is 2.63 bits per heavy atom. The highest BCUT2D eigenvalue weighted by molar-refractivity contribution is 14.0. The minimum atomic E-state index is 0. The summed E-state index contributed by atoms with van der Waals surface area (Å²) in [6, 6.07) is 6.87. The lowest BCUT2D eigenvalue weighted by atomic mass is 10.1. The summed E-state index contributed by atoms with van der Waals surface area (Å²) in [5.41, 5.74) is 2.43. The van der Waals surface area contributed by atoms with Crippen LogP contribution < -0.4 is 15.4 Å². The maximum absolute atomic E-state index is 5.40. The summed E-state index contributed by atoms with van der Waals surface area (Å²) in [7, 11) is 5.31. The zero-order chi connectivity index (χ0) is 18.8. The topological polar surface area (TPSA) is 58.1 Å². The van der Waals surface area contributed by atoms with Gasteiger partial charge in [0.25, 0.3) is 0 Å². The number of likely N-dealkylation sites (tertiary alicyclic amines) is 1. The molecule has 1 heterocycles. The van der Waals surface area contributed by atoms with Gasteiger partial charge in [0.15, 0.2) is 5.96 Å². The maximum Gasteiger partial charge on any atom is 0.191 e. The van der Waals surface area contributed by atoms with Gasteiger partial charge in [-0.2, -0.15) is 0 Å². The molecule has 2 N–H and O–H groups in total. The van der Waals surface area contributed by atoms with Crippen molar-refractivity contribution in [2.45, 2.75) is 32.2 Å². The van der Waals surface area contributed by atoms with E-state index in [9.17, 15) is 0 Å². The van der Waals surface area contributed by atoms with E-state index in [-0.39, 0.29) is 24.0 Å². The molecule has 0 radical (unpaired) electrons. The van der Waals surface area contributed by atoms with Crippen LogP contribution in [0.2, 0.25) is 0 Å². The maximum atomic E-state index is 5.40. The lowest BCUT2D eigenvalue weighted by Gasteiger charge is -2.32. The van der Waals surface area contributed by atoms with Crippen molar-refractivity contribution in [3.05, 3.63) is 29.3 Å². The lowest BCUT2D eigenvalue weighted by Crippen LogP contribution is -2.49. The van der Waals surface area contributed by atoms with Gasteiger partial charge in [0.05, 0.1) is 13.7 Å². The molecule has 1 saturated heterocycles. The average Bonchev–Trinajstić information content (AvgIpc) is 2.67. The van der Waals surface area contributed by atoms with E-state index in [1.165, 1.54) is 11.1 Å². The Labute approximate surface area is 181 Å². The molecular weight excluding hydrogens is 455 g/mol. The number of hydrogen-bond donors (Lipinski definition) is 2. The molecule has 0 unspecified atom stereocenters. The molecule has 0 aliphatic carbocycles. The Morgan fingerprint density at radius 2 is 2.00 bits per heavy atom. The number of piperidine rings is 1. The van der Waals surface area contributed by atoms with E-state index in [1.54, 1.807) is 14.2 Å². The van der Waals surface area contributed by atoms with Crippen molar-refractivity contribution in [3.8, 4) is 5.75 Å². The molecule has 2 rings (SSSR count). The first-order valence-electron chi connectivity index (χ1n) is 9.48. The molecular formula is C20H35IN4O2. The number of aryl methyl sites for hydroxylation is 1. The van der Waals surface area contributed by atoms with Gasteiger partial charge in [-0.3, -0.25) is 4.99 Å². The highest BCUT2D eigenvalue weighted by atomic mass is 127. The fourth-order valence-electron chi connectivity index (χ4n) is 3.25. The van der Waals surface area contributed by atoms with Crippen LogP contribution >= 0.6 is 24.0 Å². The van der Waals surface area contributed by atoms with Gasteiger partial charge in [-0.05, 0) is 43.4 Å². The summed E-state index contributed by atoms with van der Waals surface area (Å²) in [5, 5.41) is 6.98. The number of rotatable bonds is 8. The van der Waals surface area contributed by atoms with Crippen LogP contribution in [0.1, 0.15) is 24.0 Å². The Morgan fingerprint density at radius 1 is 1.26 bits per heavy atom. The van der Waals surface area contributed by atoms with Crippen molar-refractivity contribution in [1.29, 1.82) is 0 Å². The molecule has 1 aliphatic rings. The number of aliphatic imine (C=N–C) groups is 1. The van der Waals surface area contributed by atoms with Crippen LogP contribution in [-0.2, 0) is 11.2 Å². The predicted molar refractivity (Wildman–Crippen MR) is 123 cm³/mol. The van der Waals surface area contributed by atoms with Crippen LogP contribution in [0, 0.1) is 6.92 Å². The first-order chi connectivity index (χ1) is 12.7. The number of benzene rings is 1. The molecule has 7 heteroatoms. The number of methoxy groups -OCH3 is 2. The summed E-state index contributed by atoms with van der Waals surface area (Å²) in [4.78, 5) is 6.83. The number of halogens is 1. The van der Waals surface area contributed by atoms with Gasteiger partial charge < -0.3 is 25.0 Å². The van der Waals surface area contributed by atoms with E-state index in [0.29, 0.717) is 6.04 Å². The zero-order valence-electron chi connectivity index (χ0n) is 17.1. The molecule has 0 saturated carbocycles. The van der Waals surface area contributed by atoms with E-state index >= 15 is 0 Å². The molecule has 1 aromatic rings. The van der Waals surface area contributed by atoms with E-state index in [0.717, 1.165) is 63.8 Å². The van der Waals surface area contributed by atoms with Crippen LogP contribution in [-0.4, -0.2) is 71.0 Å². The van der Waals surface area contributed by atoms with E-state index in [2.05, 4.69) is 45.6 Å². The van der Waals surface area contributed by atoms with Gasteiger partial charge in [-0.1, -0.05) is 12.1 Å². The normalized spacial score (nSPS) is 15.9. The van der Waals surface area contributed by atoms with Crippen molar-refractivity contribution < 1.29 is 9.47 Å². The average molecular weight is 490 g/mol. The van der Waals surface area contributed by atoms with Gasteiger partial charge in [-0.25, -0.2) is 0 Å². The van der Waals surface area contributed by atoms with E-state index in [4.69, 9.17) is 9.47 Å². The first kappa shape index (κ1) is 24.0. The minimum absolute atomic E-state index is 0. The summed E-state index contributed by atoms with van der Waals surface area (Å²) in [6.07, 6.45) is 3.21. The van der Waals surface area contributed by atoms with Crippen molar-refractivity contribution >= 4 is 29.9 Å². The second-order valence-electron chi connectivity index (χ2n) is 6.81. The number of ether oxygens (including phenoxy) is 2. The monoisotopic (exact) mass is 490 g/mol. The van der Waals surface area contributed by atoms with Crippen molar-refractivity contribution in [2.75, 3.05) is 54.1 Å². The third-order valence-electron chi connectivity index (χ3n) is 4.94. The number of guanidine groups is 1. The van der Waals surface area contributed by atoms with Gasteiger partial charge in [0.2, 0.25) is 0 Å². The third kappa shape index (κ3) is 8.23. The predicted octanol–water partition coefficient (Wildman–Crippen LogP) is 2.44.